The fourth-order valence-corrected chi connectivity index (χ4v) is 4.24. The summed E-state index contributed by atoms with van der Waals surface area (Å²) < 4.78 is 10.8. The van der Waals surface area contributed by atoms with Crippen molar-refractivity contribution < 1.29 is 33.4 Å². The number of imide groups is 2. The van der Waals surface area contributed by atoms with Crippen LogP contribution >= 0.6 is 0 Å². The lowest BCUT2D eigenvalue weighted by Crippen LogP contribution is -2.53. The largest absolute Gasteiger partial charge is 0.385 e. The number of hydrogen-bond donors (Lipinski definition) is 4. The average molecular weight is 562 g/mol. The molecule has 0 aliphatic carbocycles. The Morgan fingerprint density at radius 1 is 1.02 bits per heavy atom. The van der Waals surface area contributed by atoms with Crippen LogP contribution in [0.25, 0.3) is 0 Å². The third-order valence-electron chi connectivity index (χ3n) is 6.54. The summed E-state index contributed by atoms with van der Waals surface area (Å²) in [5, 5.41) is 11.4. The number of unbranched alkanes of at least 4 members (excludes halogenated alkanes) is 3. The van der Waals surface area contributed by atoms with Crippen LogP contribution in [-0.4, -0.2) is 94.1 Å². The lowest BCUT2D eigenvalue weighted by molar-refractivity contribution is -0.139. The number of anilines is 1. The molecule has 1 heterocycles. The monoisotopic (exact) mass is 561 g/mol. The van der Waals surface area contributed by atoms with Gasteiger partial charge in [0, 0.05) is 43.7 Å². The highest BCUT2D eigenvalue weighted by Crippen LogP contribution is 2.22. The van der Waals surface area contributed by atoms with Gasteiger partial charge in [0.25, 0.3) is 5.91 Å². The van der Waals surface area contributed by atoms with Crippen LogP contribution in [0.4, 0.5) is 5.69 Å². The van der Waals surface area contributed by atoms with Crippen molar-refractivity contribution in [3.8, 4) is 0 Å². The number of piperidine rings is 1. The lowest BCUT2D eigenvalue weighted by atomic mass is 10.0. The van der Waals surface area contributed by atoms with Crippen LogP contribution in [0.1, 0.15) is 60.9 Å². The average Bonchev–Trinajstić information content (AvgIpc) is 2.93. The molecule has 5 amide bonds. The number of rotatable bonds is 20. The van der Waals surface area contributed by atoms with E-state index in [1.807, 2.05) is 13.1 Å². The molecule has 40 heavy (non-hydrogen) atoms. The van der Waals surface area contributed by atoms with Crippen LogP contribution in [0, 0.1) is 6.92 Å². The number of hydrogen-bond acceptors (Lipinski definition) is 9. The first-order valence-corrected chi connectivity index (χ1v) is 13.9. The highest BCUT2D eigenvalue weighted by atomic mass is 16.5. The van der Waals surface area contributed by atoms with E-state index in [0.29, 0.717) is 63.5 Å². The molecule has 1 aromatic carbocycles. The number of nitrogens with one attached hydrogen (secondary N) is 4. The Kier molecular flexibility index (Phi) is 15.5. The van der Waals surface area contributed by atoms with Crippen molar-refractivity contribution in [1.29, 1.82) is 0 Å². The van der Waals surface area contributed by atoms with Crippen LogP contribution in [0.15, 0.2) is 18.2 Å². The standard InChI is InChI=1S/C28H43N5O7/c1-21-22(28(38)33(20-34)24-11-12-26(36)32-27(24)37)8-7-9-23(21)30-13-6-4-3-5-10-25(35)31-15-17-40-19-18-39-16-14-29-2/h7-9,20,24,29-30H,3-6,10-19H2,1-2H3,(H,31,35)(H,32,36,37). The molecule has 222 valence electrons. The third kappa shape index (κ3) is 11.4. The van der Waals surface area contributed by atoms with Gasteiger partial charge < -0.3 is 25.4 Å². The molecule has 12 heteroatoms. The SMILES string of the molecule is CNCCOCCOCCNC(=O)CCCCCCNc1cccc(C(=O)N(C=O)C2CCC(=O)NC2=O)c1C. The van der Waals surface area contributed by atoms with Crippen molar-refractivity contribution in [3.63, 3.8) is 0 Å². The number of nitrogens with zero attached hydrogens (tertiary/aromatic N) is 1. The van der Waals surface area contributed by atoms with Crippen LogP contribution in [0.5, 0.6) is 0 Å². The molecule has 2 rings (SSSR count). The maximum Gasteiger partial charge on any atom is 0.261 e. The molecule has 1 aliphatic rings. The summed E-state index contributed by atoms with van der Waals surface area (Å²) in [5.74, 6) is -1.62. The molecule has 0 spiro atoms. The van der Waals surface area contributed by atoms with Gasteiger partial charge in [0.2, 0.25) is 24.1 Å². The summed E-state index contributed by atoms with van der Waals surface area (Å²) in [7, 11) is 1.87. The van der Waals surface area contributed by atoms with Gasteiger partial charge in [0.1, 0.15) is 6.04 Å². The molecule has 0 bridgehead atoms. The van der Waals surface area contributed by atoms with Gasteiger partial charge in [-0.05, 0) is 50.9 Å². The first kappa shape index (κ1) is 32.9. The smallest absolute Gasteiger partial charge is 0.261 e. The van der Waals surface area contributed by atoms with Crippen molar-refractivity contribution in [2.24, 2.45) is 0 Å². The van der Waals surface area contributed by atoms with Gasteiger partial charge in [-0.25, -0.2) is 0 Å². The number of amides is 5. The van der Waals surface area contributed by atoms with Crippen molar-refractivity contribution in [2.75, 3.05) is 58.4 Å². The first-order valence-electron chi connectivity index (χ1n) is 13.9. The predicted octanol–water partition coefficient (Wildman–Crippen LogP) is 1.13. The molecule has 1 aliphatic heterocycles. The quantitative estimate of drug-likeness (QED) is 0.104. The second-order valence-electron chi connectivity index (χ2n) is 9.53. The lowest BCUT2D eigenvalue weighted by Gasteiger charge is -2.29. The second kappa shape index (κ2) is 18.9. The minimum atomic E-state index is -1.01. The minimum absolute atomic E-state index is 0.0192. The fraction of sp³-hybridized carbons (Fsp3) is 0.607. The van der Waals surface area contributed by atoms with Crippen LogP contribution < -0.4 is 21.3 Å². The fourth-order valence-electron chi connectivity index (χ4n) is 4.24. The van der Waals surface area contributed by atoms with Gasteiger partial charge in [-0.2, -0.15) is 0 Å². The van der Waals surface area contributed by atoms with E-state index in [1.54, 1.807) is 19.1 Å². The molecule has 1 saturated heterocycles. The van der Waals surface area contributed by atoms with E-state index < -0.39 is 23.8 Å². The van der Waals surface area contributed by atoms with E-state index in [-0.39, 0.29) is 18.7 Å². The Labute approximate surface area is 235 Å². The molecule has 0 aromatic heterocycles. The molecule has 12 nitrogen and oxygen atoms in total. The maximum absolute atomic E-state index is 13.1. The van der Waals surface area contributed by atoms with E-state index in [2.05, 4.69) is 21.3 Å². The van der Waals surface area contributed by atoms with Crippen LogP contribution in [-0.2, 0) is 28.7 Å². The molecular formula is C28H43N5O7. The van der Waals surface area contributed by atoms with Gasteiger partial charge in [-0.3, -0.25) is 34.2 Å². The summed E-state index contributed by atoms with van der Waals surface area (Å²) in [6.45, 7) is 5.92. The number of carbonyl (C=O) groups is 5. The number of carbonyl (C=O) groups excluding carboxylic acids is 5. The Hall–Kier alpha value is -3.35. The molecule has 4 N–H and O–H groups in total. The van der Waals surface area contributed by atoms with Gasteiger partial charge in [0.15, 0.2) is 0 Å². The van der Waals surface area contributed by atoms with E-state index in [1.165, 1.54) is 0 Å². The van der Waals surface area contributed by atoms with E-state index in [0.717, 1.165) is 42.8 Å². The molecule has 0 radical (unpaired) electrons. The molecule has 1 fully saturated rings. The minimum Gasteiger partial charge on any atom is -0.385 e. The zero-order chi connectivity index (χ0) is 29.2. The summed E-state index contributed by atoms with van der Waals surface area (Å²) in [6.07, 6.45) is 4.57. The summed E-state index contributed by atoms with van der Waals surface area (Å²) in [4.78, 5) is 61.2. The second-order valence-corrected chi connectivity index (χ2v) is 9.53. The van der Waals surface area contributed by atoms with Crippen molar-refractivity contribution in [2.45, 2.75) is 57.9 Å². The highest BCUT2D eigenvalue weighted by molar-refractivity contribution is 6.08. The third-order valence-corrected chi connectivity index (χ3v) is 6.54. The molecule has 1 unspecified atom stereocenters. The Bertz CT molecular complexity index is 988. The summed E-state index contributed by atoms with van der Waals surface area (Å²) >= 11 is 0. The number of ether oxygens (including phenoxy) is 2. The number of benzene rings is 1. The zero-order valence-corrected chi connectivity index (χ0v) is 23.6. The first-order chi connectivity index (χ1) is 19.4. The number of likely N-dealkylation sites (N-methyl/N-ethyl adjacent to an activating group) is 1. The van der Waals surface area contributed by atoms with Gasteiger partial charge >= 0.3 is 0 Å². The molecular weight excluding hydrogens is 518 g/mol. The molecule has 0 saturated carbocycles. The highest BCUT2D eigenvalue weighted by Gasteiger charge is 2.35. The maximum atomic E-state index is 13.1. The summed E-state index contributed by atoms with van der Waals surface area (Å²) in [6, 6.07) is 4.18. The predicted molar refractivity (Wildman–Crippen MR) is 150 cm³/mol. The van der Waals surface area contributed by atoms with Gasteiger partial charge in [-0.15, -0.1) is 0 Å². The Morgan fingerprint density at radius 3 is 2.45 bits per heavy atom. The molecule has 1 aromatic rings. The van der Waals surface area contributed by atoms with Gasteiger partial charge in [0.05, 0.1) is 26.4 Å². The van der Waals surface area contributed by atoms with E-state index >= 15 is 0 Å². The topological polar surface area (TPSA) is 155 Å². The van der Waals surface area contributed by atoms with E-state index in [4.69, 9.17) is 9.47 Å². The zero-order valence-electron chi connectivity index (χ0n) is 23.6. The van der Waals surface area contributed by atoms with Crippen molar-refractivity contribution in [3.05, 3.63) is 29.3 Å². The normalized spacial score (nSPS) is 14.9. The van der Waals surface area contributed by atoms with Crippen molar-refractivity contribution in [1.82, 2.24) is 20.9 Å². The van der Waals surface area contributed by atoms with Gasteiger partial charge in [-0.1, -0.05) is 18.9 Å². The molecule has 1 atom stereocenters. The van der Waals surface area contributed by atoms with E-state index in [9.17, 15) is 24.0 Å². The Morgan fingerprint density at radius 2 is 1.75 bits per heavy atom. The van der Waals surface area contributed by atoms with Crippen LogP contribution in [0.2, 0.25) is 0 Å². The Balaban J connectivity index is 1.63. The van der Waals surface area contributed by atoms with Crippen molar-refractivity contribution >= 4 is 35.7 Å². The van der Waals surface area contributed by atoms with Crippen LogP contribution in [0.3, 0.4) is 0 Å². The summed E-state index contributed by atoms with van der Waals surface area (Å²) in [5.41, 5.74) is 1.76.